The first-order chi connectivity index (χ1) is 7.34. The molecule has 1 saturated carbocycles. The van der Waals surface area contributed by atoms with Crippen LogP contribution in [0, 0.1) is 5.92 Å². The van der Waals surface area contributed by atoms with Gasteiger partial charge in [0.25, 0.3) is 0 Å². The van der Waals surface area contributed by atoms with Crippen molar-refractivity contribution in [2.24, 2.45) is 5.92 Å². The zero-order chi connectivity index (χ0) is 10.5. The van der Waals surface area contributed by atoms with Crippen molar-refractivity contribution in [3.8, 4) is 0 Å². The summed E-state index contributed by atoms with van der Waals surface area (Å²) in [7, 11) is 0. The molecular formula is C11H15BrN2O. The molecule has 82 valence electrons. The largest absolute Gasteiger partial charge is 0.381 e. The summed E-state index contributed by atoms with van der Waals surface area (Å²) in [6.45, 7) is 2.53. The molecule has 1 aliphatic rings. The molecule has 0 saturated heterocycles. The minimum Gasteiger partial charge on any atom is -0.381 e. The van der Waals surface area contributed by atoms with Crippen LogP contribution in [0.15, 0.2) is 22.9 Å². The molecule has 1 heterocycles. The van der Waals surface area contributed by atoms with Crippen molar-refractivity contribution in [3.05, 3.63) is 22.9 Å². The molecule has 1 N–H and O–H groups in total. The first kappa shape index (κ1) is 10.9. The third-order valence-corrected chi connectivity index (χ3v) is 2.76. The molecule has 0 unspecified atom stereocenters. The highest BCUT2D eigenvalue weighted by Crippen LogP contribution is 2.28. The van der Waals surface area contributed by atoms with Crippen LogP contribution >= 0.6 is 15.9 Å². The normalized spacial score (nSPS) is 15.3. The highest BCUT2D eigenvalue weighted by atomic mass is 79.9. The third-order valence-electron chi connectivity index (χ3n) is 2.33. The molecule has 0 spiro atoms. The van der Waals surface area contributed by atoms with Crippen molar-refractivity contribution in [2.75, 3.05) is 25.1 Å². The second-order valence-electron chi connectivity index (χ2n) is 3.84. The fraction of sp³-hybridized carbons (Fsp3) is 0.545. The topological polar surface area (TPSA) is 34.2 Å². The minimum atomic E-state index is 0.767. The molecule has 0 amide bonds. The van der Waals surface area contributed by atoms with Crippen LogP contribution in [0.5, 0.6) is 0 Å². The van der Waals surface area contributed by atoms with Gasteiger partial charge in [0, 0.05) is 23.8 Å². The van der Waals surface area contributed by atoms with Crippen molar-refractivity contribution >= 4 is 21.6 Å². The zero-order valence-corrected chi connectivity index (χ0v) is 10.2. The predicted octanol–water partition coefficient (Wildman–Crippen LogP) is 2.68. The Morgan fingerprint density at radius 2 is 2.33 bits per heavy atom. The maximum atomic E-state index is 5.51. The van der Waals surface area contributed by atoms with Crippen molar-refractivity contribution in [1.82, 2.24) is 4.98 Å². The van der Waals surface area contributed by atoms with E-state index in [0.717, 1.165) is 35.8 Å². The van der Waals surface area contributed by atoms with E-state index in [1.165, 1.54) is 12.8 Å². The number of rotatable bonds is 6. The van der Waals surface area contributed by atoms with Gasteiger partial charge in [-0.3, -0.25) is 4.98 Å². The van der Waals surface area contributed by atoms with Gasteiger partial charge in [-0.05, 0) is 40.8 Å². The fourth-order valence-corrected chi connectivity index (χ4v) is 1.68. The van der Waals surface area contributed by atoms with Crippen molar-refractivity contribution < 1.29 is 4.74 Å². The molecule has 0 atom stereocenters. The Labute approximate surface area is 98.4 Å². The van der Waals surface area contributed by atoms with Crippen LogP contribution in [0.1, 0.15) is 12.8 Å². The third kappa shape index (κ3) is 4.18. The van der Waals surface area contributed by atoms with Crippen molar-refractivity contribution in [1.29, 1.82) is 0 Å². The zero-order valence-electron chi connectivity index (χ0n) is 8.58. The molecule has 1 fully saturated rings. The summed E-state index contributed by atoms with van der Waals surface area (Å²) in [5.74, 6) is 0.845. The molecule has 1 aromatic rings. The summed E-state index contributed by atoms with van der Waals surface area (Å²) < 4.78 is 6.51. The van der Waals surface area contributed by atoms with Gasteiger partial charge in [-0.25, -0.2) is 0 Å². The van der Waals surface area contributed by atoms with Crippen LogP contribution in [-0.4, -0.2) is 24.7 Å². The summed E-state index contributed by atoms with van der Waals surface area (Å²) in [4.78, 5) is 4.07. The molecule has 0 aliphatic heterocycles. The summed E-state index contributed by atoms with van der Waals surface area (Å²) in [5.41, 5.74) is 1.03. The van der Waals surface area contributed by atoms with E-state index >= 15 is 0 Å². The van der Waals surface area contributed by atoms with Crippen molar-refractivity contribution in [2.45, 2.75) is 12.8 Å². The summed E-state index contributed by atoms with van der Waals surface area (Å²) in [6, 6.07) is 2.01. The Bertz CT molecular complexity index is 315. The first-order valence-electron chi connectivity index (χ1n) is 5.27. The minimum absolute atomic E-state index is 0.767. The number of pyridine rings is 1. The Morgan fingerprint density at radius 3 is 3.07 bits per heavy atom. The van der Waals surface area contributed by atoms with Gasteiger partial charge in [0.15, 0.2) is 0 Å². The summed E-state index contributed by atoms with van der Waals surface area (Å²) in [6.07, 6.45) is 6.28. The van der Waals surface area contributed by atoms with E-state index < -0.39 is 0 Å². The molecule has 1 aliphatic carbocycles. The van der Waals surface area contributed by atoms with Crippen LogP contribution in [0.25, 0.3) is 0 Å². The number of aromatic nitrogens is 1. The van der Waals surface area contributed by atoms with Gasteiger partial charge in [-0.2, -0.15) is 0 Å². The van der Waals surface area contributed by atoms with Gasteiger partial charge in [0.2, 0.25) is 0 Å². The maximum absolute atomic E-state index is 5.51. The number of hydrogen-bond acceptors (Lipinski definition) is 3. The van der Waals surface area contributed by atoms with E-state index in [0.29, 0.717) is 0 Å². The Hall–Kier alpha value is -0.610. The molecule has 0 radical (unpaired) electrons. The Kier molecular flexibility index (Phi) is 3.97. The van der Waals surface area contributed by atoms with E-state index in [1.54, 1.807) is 6.20 Å². The van der Waals surface area contributed by atoms with Crippen LogP contribution in [-0.2, 0) is 4.74 Å². The van der Waals surface area contributed by atoms with Gasteiger partial charge >= 0.3 is 0 Å². The summed E-state index contributed by atoms with van der Waals surface area (Å²) in [5, 5.41) is 3.26. The van der Waals surface area contributed by atoms with Crippen LogP contribution in [0.2, 0.25) is 0 Å². The van der Waals surface area contributed by atoms with Gasteiger partial charge in [-0.1, -0.05) is 0 Å². The smallest absolute Gasteiger partial charge is 0.0639 e. The lowest BCUT2D eigenvalue weighted by atomic mass is 10.4. The fourth-order valence-electron chi connectivity index (χ4n) is 1.31. The number of nitrogens with zero attached hydrogens (tertiary/aromatic N) is 1. The Morgan fingerprint density at radius 1 is 1.47 bits per heavy atom. The highest BCUT2D eigenvalue weighted by Gasteiger charge is 2.20. The van der Waals surface area contributed by atoms with Crippen LogP contribution in [0.4, 0.5) is 5.69 Å². The molecule has 3 nitrogen and oxygen atoms in total. The number of halogens is 1. The molecule has 0 aromatic carbocycles. The predicted molar refractivity (Wildman–Crippen MR) is 64.0 cm³/mol. The number of nitrogens with one attached hydrogen (secondary N) is 1. The Balaban J connectivity index is 1.60. The monoisotopic (exact) mass is 270 g/mol. The quantitative estimate of drug-likeness (QED) is 0.808. The second-order valence-corrected chi connectivity index (χ2v) is 4.75. The van der Waals surface area contributed by atoms with Gasteiger partial charge in [0.05, 0.1) is 18.5 Å². The SMILES string of the molecule is Brc1cncc(NCCOCC2CC2)c1. The first-order valence-corrected chi connectivity index (χ1v) is 6.06. The number of hydrogen-bond donors (Lipinski definition) is 1. The summed E-state index contributed by atoms with van der Waals surface area (Å²) >= 11 is 3.38. The lowest BCUT2D eigenvalue weighted by Crippen LogP contribution is -2.10. The standard InChI is InChI=1S/C11H15BrN2O/c12-10-5-11(7-13-6-10)14-3-4-15-8-9-1-2-9/h5-7,9,14H,1-4,8H2. The van der Waals surface area contributed by atoms with Crippen molar-refractivity contribution in [3.63, 3.8) is 0 Å². The second kappa shape index (κ2) is 5.47. The molecular weight excluding hydrogens is 256 g/mol. The van der Waals surface area contributed by atoms with E-state index in [1.807, 2.05) is 12.3 Å². The van der Waals surface area contributed by atoms with E-state index in [2.05, 4.69) is 26.2 Å². The van der Waals surface area contributed by atoms with Gasteiger partial charge in [-0.15, -0.1) is 0 Å². The van der Waals surface area contributed by atoms with Gasteiger partial charge in [0.1, 0.15) is 0 Å². The number of ether oxygens (including phenoxy) is 1. The highest BCUT2D eigenvalue weighted by molar-refractivity contribution is 9.10. The lowest BCUT2D eigenvalue weighted by Gasteiger charge is -2.06. The molecule has 4 heteroatoms. The van der Waals surface area contributed by atoms with E-state index in [9.17, 15) is 0 Å². The molecule has 15 heavy (non-hydrogen) atoms. The maximum Gasteiger partial charge on any atom is 0.0639 e. The lowest BCUT2D eigenvalue weighted by molar-refractivity contribution is 0.134. The number of anilines is 1. The van der Waals surface area contributed by atoms with E-state index in [4.69, 9.17) is 4.74 Å². The van der Waals surface area contributed by atoms with E-state index in [-0.39, 0.29) is 0 Å². The molecule has 2 rings (SSSR count). The molecule has 0 bridgehead atoms. The van der Waals surface area contributed by atoms with Crippen LogP contribution < -0.4 is 5.32 Å². The average molecular weight is 271 g/mol. The van der Waals surface area contributed by atoms with Crippen LogP contribution in [0.3, 0.4) is 0 Å². The molecule has 1 aromatic heterocycles. The average Bonchev–Trinajstić information content (AvgIpc) is 3.01. The van der Waals surface area contributed by atoms with Gasteiger partial charge < -0.3 is 10.1 Å².